The van der Waals surface area contributed by atoms with E-state index in [0.717, 1.165) is 10.0 Å². The van der Waals surface area contributed by atoms with Crippen LogP contribution in [-0.4, -0.2) is 12.6 Å². The average Bonchev–Trinajstić information content (AvgIpc) is 2.46. The summed E-state index contributed by atoms with van der Waals surface area (Å²) >= 11 is 3.42. The molecule has 0 unspecified atom stereocenters. The lowest BCUT2D eigenvalue weighted by Crippen LogP contribution is -2.07. The van der Waals surface area contributed by atoms with Gasteiger partial charge in [0, 0.05) is 21.8 Å². The number of ether oxygens (including phenoxy) is 2. The molecule has 4 nitrogen and oxygen atoms in total. The van der Waals surface area contributed by atoms with Crippen molar-refractivity contribution in [3.63, 3.8) is 0 Å². The number of carbonyl (C=O) groups excluding carboxylic acids is 1. The number of hydrogen-bond donors (Lipinski definition) is 1. The maximum atomic E-state index is 12.1. The Bertz CT molecular complexity index is 643. The lowest BCUT2D eigenvalue weighted by molar-refractivity contribution is 0.0471. The lowest BCUT2D eigenvalue weighted by atomic mass is 10.2. The molecule has 0 atom stereocenters. The van der Waals surface area contributed by atoms with Gasteiger partial charge in [0.05, 0.1) is 12.2 Å². The van der Waals surface area contributed by atoms with Crippen molar-refractivity contribution < 1.29 is 14.3 Å². The molecule has 2 rings (SSSR count). The summed E-state index contributed by atoms with van der Waals surface area (Å²) in [5, 5.41) is 0. The molecule has 0 radical (unpaired) electrons. The molecule has 0 fully saturated rings. The van der Waals surface area contributed by atoms with Gasteiger partial charge in [-0.05, 0) is 25.1 Å². The van der Waals surface area contributed by atoms with Gasteiger partial charge in [0.1, 0.15) is 12.4 Å². The molecule has 21 heavy (non-hydrogen) atoms. The molecule has 110 valence electrons. The Morgan fingerprint density at radius 1 is 1.24 bits per heavy atom. The smallest absolute Gasteiger partial charge is 0.338 e. The minimum absolute atomic E-state index is 0.193. The zero-order valence-corrected chi connectivity index (χ0v) is 13.2. The number of anilines is 1. The van der Waals surface area contributed by atoms with E-state index in [4.69, 9.17) is 15.2 Å². The molecule has 0 heterocycles. The van der Waals surface area contributed by atoms with Gasteiger partial charge in [0.25, 0.3) is 0 Å². The first-order chi connectivity index (χ1) is 10.1. The molecule has 5 heteroatoms. The van der Waals surface area contributed by atoms with Crippen LogP contribution in [-0.2, 0) is 11.3 Å². The van der Waals surface area contributed by atoms with Crippen LogP contribution in [0.15, 0.2) is 46.9 Å². The summed E-state index contributed by atoms with van der Waals surface area (Å²) in [4.78, 5) is 12.1. The lowest BCUT2D eigenvalue weighted by Gasteiger charge is -2.09. The van der Waals surface area contributed by atoms with E-state index in [2.05, 4.69) is 15.9 Å². The van der Waals surface area contributed by atoms with E-state index in [-0.39, 0.29) is 6.61 Å². The van der Waals surface area contributed by atoms with E-state index in [0.29, 0.717) is 23.6 Å². The quantitative estimate of drug-likeness (QED) is 0.658. The first-order valence-corrected chi connectivity index (χ1v) is 7.33. The summed E-state index contributed by atoms with van der Waals surface area (Å²) in [5.74, 6) is 0.129. The Labute approximate surface area is 132 Å². The molecule has 2 aromatic carbocycles. The highest BCUT2D eigenvalue weighted by Crippen LogP contribution is 2.21. The number of carbonyl (C=O) groups is 1. The summed E-state index contributed by atoms with van der Waals surface area (Å²) in [6.45, 7) is 2.57. The third kappa shape index (κ3) is 4.23. The summed E-state index contributed by atoms with van der Waals surface area (Å²) in [5.41, 5.74) is 7.51. The second-order valence-electron chi connectivity index (χ2n) is 4.39. The van der Waals surface area contributed by atoms with E-state index < -0.39 is 5.97 Å². The predicted octanol–water partition coefficient (Wildman–Crippen LogP) is 3.79. The maximum absolute atomic E-state index is 12.1. The topological polar surface area (TPSA) is 61.5 Å². The molecule has 0 aliphatic carbocycles. The molecule has 0 saturated heterocycles. The summed E-state index contributed by atoms with van der Waals surface area (Å²) < 4.78 is 11.6. The SMILES string of the molecule is CCOc1cc(N)cc(C(=O)OCc2ccccc2Br)c1. The van der Waals surface area contributed by atoms with Crippen molar-refractivity contribution in [2.75, 3.05) is 12.3 Å². The van der Waals surface area contributed by atoms with Gasteiger partial charge in [-0.2, -0.15) is 0 Å². The van der Waals surface area contributed by atoms with Crippen molar-refractivity contribution in [3.8, 4) is 5.75 Å². The first-order valence-electron chi connectivity index (χ1n) is 6.54. The summed E-state index contributed by atoms with van der Waals surface area (Å²) in [6.07, 6.45) is 0. The average molecular weight is 350 g/mol. The molecular formula is C16H16BrNO3. The molecule has 0 aliphatic rings. The summed E-state index contributed by atoms with van der Waals surface area (Å²) in [6, 6.07) is 12.5. The fourth-order valence-corrected chi connectivity index (χ4v) is 2.23. The number of nitrogens with two attached hydrogens (primary N) is 1. The third-order valence-electron chi connectivity index (χ3n) is 2.79. The molecule has 2 N–H and O–H groups in total. The molecule has 0 spiro atoms. The fraction of sp³-hybridized carbons (Fsp3) is 0.188. The predicted molar refractivity (Wildman–Crippen MR) is 85.3 cm³/mol. The van der Waals surface area contributed by atoms with Crippen LogP contribution in [0.2, 0.25) is 0 Å². The Hall–Kier alpha value is -2.01. The van der Waals surface area contributed by atoms with Crippen LogP contribution in [0, 0.1) is 0 Å². The molecule has 0 aliphatic heterocycles. The van der Waals surface area contributed by atoms with Crippen molar-refractivity contribution in [1.29, 1.82) is 0 Å². The Morgan fingerprint density at radius 2 is 2.00 bits per heavy atom. The first kappa shape index (κ1) is 15.4. The maximum Gasteiger partial charge on any atom is 0.338 e. The molecule has 2 aromatic rings. The Morgan fingerprint density at radius 3 is 2.71 bits per heavy atom. The van der Waals surface area contributed by atoms with E-state index in [1.54, 1.807) is 18.2 Å². The van der Waals surface area contributed by atoms with Crippen LogP contribution < -0.4 is 10.5 Å². The van der Waals surface area contributed by atoms with Gasteiger partial charge in [0.15, 0.2) is 0 Å². The highest BCUT2D eigenvalue weighted by Gasteiger charge is 2.11. The number of esters is 1. The van der Waals surface area contributed by atoms with Crippen LogP contribution in [0.5, 0.6) is 5.75 Å². The van der Waals surface area contributed by atoms with Crippen molar-refractivity contribution in [1.82, 2.24) is 0 Å². The molecule has 0 aromatic heterocycles. The zero-order chi connectivity index (χ0) is 15.2. The monoisotopic (exact) mass is 349 g/mol. The highest BCUT2D eigenvalue weighted by molar-refractivity contribution is 9.10. The molecular weight excluding hydrogens is 334 g/mol. The van der Waals surface area contributed by atoms with E-state index in [9.17, 15) is 4.79 Å². The van der Waals surface area contributed by atoms with Crippen LogP contribution in [0.25, 0.3) is 0 Å². The number of benzene rings is 2. The van der Waals surface area contributed by atoms with Crippen LogP contribution in [0.1, 0.15) is 22.8 Å². The van der Waals surface area contributed by atoms with Gasteiger partial charge in [-0.3, -0.25) is 0 Å². The number of hydrogen-bond acceptors (Lipinski definition) is 4. The molecule has 0 saturated carbocycles. The second kappa shape index (κ2) is 7.13. The standard InChI is InChI=1S/C16H16BrNO3/c1-2-20-14-8-12(7-13(18)9-14)16(19)21-10-11-5-3-4-6-15(11)17/h3-9H,2,10,18H2,1H3. The molecule has 0 amide bonds. The van der Waals surface area contributed by atoms with Crippen LogP contribution >= 0.6 is 15.9 Å². The van der Waals surface area contributed by atoms with Crippen molar-refractivity contribution in [3.05, 3.63) is 58.1 Å². The van der Waals surface area contributed by atoms with Crippen molar-refractivity contribution >= 4 is 27.6 Å². The zero-order valence-electron chi connectivity index (χ0n) is 11.6. The fourth-order valence-electron chi connectivity index (χ4n) is 1.83. The largest absolute Gasteiger partial charge is 0.494 e. The third-order valence-corrected chi connectivity index (χ3v) is 3.57. The van der Waals surface area contributed by atoms with Gasteiger partial charge in [-0.15, -0.1) is 0 Å². The second-order valence-corrected chi connectivity index (χ2v) is 5.25. The van der Waals surface area contributed by atoms with Crippen molar-refractivity contribution in [2.45, 2.75) is 13.5 Å². The Kier molecular flexibility index (Phi) is 5.22. The number of nitrogen functional groups attached to an aromatic ring is 1. The van der Waals surface area contributed by atoms with Crippen molar-refractivity contribution in [2.24, 2.45) is 0 Å². The van der Waals surface area contributed by atoms with Crippen LogP contribution in [0.3, 0.4) is 0 Å². The highest BCUT2D eigenvalue weighted by atomic mass is 79.9. The van der Waals surface area contributed by atoms with Gasteiger partial charge in [-0.1, -0.05) is 34.1 Å². The van der Waals surface area contributed by atoms with Crippen LogP contribution in [0.4, 0.5) is 5.69 Å². The minimum Gasteiger partial charge on any atom is -0.494 e. The van der Waals surface area contributed by atoms with E-state index in [1.165, 1.54) is 0 Å². The van der Waals surface area contributed by atoms with E-state index >= 15 is 0 Å². The van der Waals surface area contributed by atoms with Gasteiger partial charge < -0.3 is 15.2 Å². The minimum atomic E-state index is -0.431. The number of halogens is 1. The Balaban J connectivity index is 2.08. The van der Waals surface area contributed by atoms with Gasteiger partial charge >= 0.3 is 5.97 Å². The molecule has 0 bridgehead atoms. The normalized spacial score (nSPS) is 10.2. The van der Waals surface area contributed by atoms with Gasteiger partial charge in [0.2, 0.25) is 0 Å². The summed E-state index contributed by atoms with van der Waals surface area (Å²) in [7, 11) is 0. The van der Waals surface area contributed by atoms with Gasteiger partial charge in [-0.25, -0.2) is 4.79 Å². The van der Waals surface area contributed by atoms with E-state index in [1.807, 2.05) is 31.2 Å². The number of rotatable bonds is 5.